The Balaban J connectivity index is 0.000000236. The molecule has 0 amide bonds. The minimum absolute atomic E-state index is 0.0277. The summed E-state index contributed by atoms with van der Waals surface area (Å²) in [7, 11) is 0. The lowest BCUT2D eigenvalue weighted by Crippen LogP contribution is -2.37. The van der Waals surface area contributed by atoms with Gasteiger partial charge in [0.1, 0.15) is 0 Å². The smallest absolute Gasteiger partial charge is 0.337 e. The van der Waals surface area contributed by atoms with E-state index in [1.54, 1.807) is 12.3 Å². The van der Waals surface area contributed by atoms with Gasteiger partial charge in [0.15, 0.2) is 0 Å². The lowest BCUT2D eigenvalue weighted by Gasteiger charge is -2.26. The number of hydrogen-bond donors (Lipinski definition) is 3. The van der Waals surface area contributed by atoms with E-state index in [4.69, 9.17) is 14.9 Å². The van der Waals surface area contributed by atoms with E-state index in [0.29, 0.717) is 5.56 Å². The summed E-state index contributed by atoms with van der Waals surface area (Å²) in [6, 6.07) is 15.9. The highest BCUT2D eigenvalue weighted by molar-refractivity contribution is 5.96. The lowest BCUT2D eigenvalue weighted by atomic mass is 10.0. The highest BCUT2D eigenvalue weighted by atomic mass is 16.5. The molecular formula is C27H30N2O7. The predicted octanol–water partition coefficient (Wildman–Crippen LogP) is 3.97. The summed E-state index contributed by atoms with van der Waals surface area (Å²) in [5, 5.41) is 26.6. The van der Waals surface area contributed by atoms with Gasteiger partial charge in [0.2, 0.25) is 0 Å². The molecule has 0 spiro atoms. The van der Waals surface area contributed by atoms with Crippen LogP contribution in [0.5, 0.6) is 0 Å². The average molecular weight is 495 g/mol. The standard InChI is InChI=1S/C18H22N2O3.C9H8O4/c21-18(22)16-13-17(15-5-2-1-3-6-15)20(14-16)8-4-7-19-9-11-23-12-10-19;1-5-6(8(10)11)3-2-4-7(5)9(12)13/h1-3,5-6,13-14H,4,7-12H2,(H,21,22);2-4H,1H3,(H,10,11)(H,12,13). The van der Waals surface area contributed by atoms with E-state index in [-0.39, 0.29) is 16.7 Å². The largest absolute Gasteiger partial charge is 0.478 e. The number of nitrogens with zero attached hydrogens (tertiary/aromatic N) is 2. The van der Waals surface area contributed by atoms with Gasteiger partial charge in [-0.2, -0.15) is 0 Å². The van der Waals surface area contributed by atoms with Crippen molar-refractivity contribution in [3.05, 3.63) is 83.0 Å². The van der Waals surface area contributed by atoms with Crippen LogP contribution in [0.25, 0.3) is 11.3 Å². The van der Waals surface area contributed by atoms with Crippen LogP contribution in [-0.4, -0.2) is 75.5 Å². The van der Waals surface area contributed by atoms with E-state index < -0.39 is 17.9 Å². The van der Waals surface area contributed by atoms with E-state index in [2.05, 4.69) is 9.47 Å². The quantitative estimate of drug-likeness (QED) is 0.429. The second kappa shape index (κ2) is 12.7. The Kier molecular flexibility index (Phi) is 9.38. The topological polar surface area (TPSA) is 129 Å². The van der Waals surface area contributed by atoms with Gasteiger partial charge in [-0.05, 0) is 42.7 Å². The molecule has 9 nitrogen and oxygen atoms in total. The molecule has 0 aliphatic carbocycles. The first-order valence-corrected chi connectivity index (χ1v) is 11.6. The first-order valence-electron chi connectivity index (χ1n) is 11.6. The van der Waals surface area contributed by atoms with Crippen molar-refractivity contribution in [3.63, 3.8) is 0 Å². The Morgan fingerprint density at radius 1 is 0.833 bits per heavy atom. The molecule has 0 saturated carbocycles. The van der Waals surface area contributed by atoms with Gasteiger partial charge in [-0.1, -0.05) is 36.4 Å². The molecule has 1 saturated heterocycles. The number of ether oxygens (including phenoxy) is 1. The maximum Gasteiger partial charge on any atom is 0.337 e. The zero-order chi connectivity index (χ0) is 26.1. The van der Waals surface area contributed by atoms with Crippen LogP contribution in [-0.2, 0) is 11.3 Å². The fourth-order valence-electron chi connectivity index (χ4n) is 4.05. The van der Waals surface area contributed by atoms with E-state index in [0.717, 1.165) is 57.1 Å². The minimum Gasteiger partial charge on any atom is -0.478 e. The number of carbonyl (C=O) groups is 3. The third-order valence-corrected chi connectivity index (χ3v) is 5.98. The second-order valence-electron chi connectivity index (χ2n) is 8.37. The van der Waals surface area contributed by atoms with Crippen molar-refractivity contribution in [2.24, 2.45) is 0 Å². The molecule has 0 radical (unpaired) electrons. The SMILES string of the molecule is Cc1c(C(=O)O)cccc1C(=O)O.O=C(O)c1cc(-c2ccccc2)n(CCCN2CCOCC2)c1. The Morgan fingerprint density at radius 3 is 2.00 bits per heavy atom. The molecule has 190 valence electrons. The molecule has 0 atom stereocenters. The van der Waals surface area contributed by atoms with Gasteiger partial charge < -0.3 is 24.6 Å². The molecule has 1 aliphatic heterocycles. The zero-order valence-corrected chi connectivity index (χ0v) is 20.1. The van der Waals surface area contributed by atoms with Gasteiger partial charge in [0.25, 0.3) is 0 Å². The van der Waals surface area contributed by atoms with E-state index >= 15 is 0 Å². The van der Waals surface area contributed by atoms with Crippen LogP contribution in [0.3, 0.4) is 0 Å². The predicted molar refractivity (Wildman–Crippen MR) is 134 cm³/mol. The number of carboxylic acids is 3. The Hall–Kier alpha value is -3.95. The lowest BCUT2D eigenvalue weighted by molar-refractivity contribution is 0.0369. The van der Waals surface area contributed by atoms with E-state index in [1.807, 2.05) is 30.3 Å². The van der Waals surface area contributed by atoms with E-state index in [9.17, 15) is 19.5 Å². The van der Waals surface area contributed by atoms with Gasteiger partial charge in [-0.15, -0.1) is 0 Å². The summed E-state index contributed by atoms with van der Waals surface area (Å²) in [5.41, 5.74) is 2.69. The maximum atomic E-state index is 11.3. The number of hydrogen-bond acceptors (Lipinski definition) is 5. The van der Waals surface area contributed by atoms with Crippen LogP contribution in [0, 0.1) is 6.92 Å². The number of aryl methyl sites for hydroxylation is 1. The Labute approximate surface area is 209 Å². The minimum atomic E-state index is -1.11. The van der Waals surface area contributed by atoms with Gasteiger partial charge in [-0.3, -0.25) is 4.90 Å². The number of rotatable bonds is 8. The molecule has 0 bridgehead atoms. The highest BCUT2D eigenvalue weighted by Gasteiger charge is 2.15. The fourth-order valence-corrected chi connectivity index (χ4v) is 4.05. The van der Waals surface area contributed by atoms with Gasteiger partial charge in [0.05, 0.1) is 29.9 Å². The van der Waals surface area contributed by atoms with Crippen LogP contribution >= 0.6 is 0 Å². The van der Waals surface area contributed by atoms with Crippen molar-refractivity contribution in [2.75, 3.05) is 32.8 Å². The van der Waals surface area contributed by atoms with Crippen LogP contribution in [0.4, 0.5) is 0 Å². The molecule has 3 N–H and O–H groups in total. The van der Waals surface area contributed by atoms with Gasteiger partial charge in [0, 0.05) is 38.1 Å². The van der Waals surface area contributed by atoms with Crippen molar-refractivity contribution >= 4 is 17.9 Å². The average Bonchev–Trinajstić information content (AvgIpc) is 3.30. The molecule has 1 aliphatic rings. The summed E-state index contributed by atoms with van der Waals surface area (Å²) in [4.78, 5) is 34.9. The van der Waals surface area contributed by atoms with Gasteiger partial charge >= 0.3 is 17.9 Å². The van der Waals surface area contributed by atoms with Crippen LogP contribution < -0.4 is 0 Å². The summed E-state index contributed by atoms with van der Waals surface area (Å²) in [6.45, 7) is 6.89. The maximum absolute atomic E-state index is 11.3. The van der Waals surface area contributed by atoms with Crippen molar-refractivity contribution in [1.82, 2.24) is 9.47 Å². The number of aromatic carboxylic acids is 3. The normalized spacial score (nSPS) is 13.5. The monoisotopic (exact) mass is 494 g/mol. The summed E-state index contributed by atoms with van der Waals surface area (Å²) < 4.78 is 7.41. The highest BCUT2D eigenvalue weighted by Crippen LogP contribution is 2.23. The van der Waals surface area contributed by atoms with Crippen LogP contribution in [0.1, 0.15) is 43.1 Å². The van der Waals surface area contributed by atoms with Crippen molar-refractivity contribution in [3.8, 4) is 11.3 Å². The number of aromatic nitrogens is 1. The van der Waals surface area contributed by atoms with Crippen molar-refractivity contribution in [2.45, 2.75) is 19.9 Å². The van der Waals surface area contributed by atoms with Crippen molar-refractivity contribution in [1.29, 1.82) is 0 Å². The number of benzene rings is 2. The summed E-state index contributed by atoms with van der Waals surface area (Å²) in [5.74, 6) is -3.10. The van der Waals surface area contributed by atoms with Crippen LogP contribution in [0.15, 0.2) is 60.8 Å². The van der Waals surface area contributed by atoms with Crippen molar-refractivity contribution < 1.29 is 34.4 Å². The molecule has 2 heterocycles. The molecule has 4 rings (SSSR count). The third-order valence-electron chi connectivity index (χ3n) is 5.98. The third kappa shape index (κ3) is 7.03. The zero-order valence-electron chi connectivity index (χ0n) is 20.1. The first kappa shape index (κ1) is 26.7. The van der Waals surface area contributed by atoms with Crippen LogP contribution in [0.2, 0.25) is 0 Å². The molecule has 3 aromatic rings. The molecule has 2 aromatic carbocycles. The fraction of sp³-hybridized carbons (Fsp3) is 0.296. The number of morpholine rings is 1. The number of carboxylic acid groups (broad SMARTS) is 3. The first-order chi connectivity index (χ1) is 17.3. The summed E-state index contributed by atoms with van der Waals surface area (Å²) >= 11 is 0. The summed E-state index contributed by atoms with van der Waals surface area (Å²) in [6.07, 6.45) is 2.73. The van der Waals surface area contributed by atoms with E-state index in [1.165, 1.54) is 25.1 Å². The Bertz CT molecular complexity index is 1170. The Morgan fingerprint density at radius 2 is 1.44 bits per heavy atom. The molecule has 1 fully saturated rings. The second-order valence-corrected chi connectivity index (χ2v) is 8.37. The molecule has 9 heteroatoms. The molecular weight excluding hydrogens is 464 g/mol. The van der Waals surface area contributed by atoms with Gasteiger partial charge in [-0.25, -0.2) is 14.4 Å². The molecule has 1 aromatic heterocycles. The molecule has 0 unspecified atom stereocenters. The molecule has 36 heavy (non-hydrogen) atoms.